The van der Waals surface area contributed by atoms with Gasteiger partial charge in [0, 0.05) is 5.88 Å². The summed E-state index contributed by atoms with van der Waals surface area (Å²) in [4.78, 5) is 25.2. The van der Waals surface area contributed by atoms with Crippen LogP contribution in [0.4, 0.5) is 4.79 Å². The second-order valence-corrected chi connectivity index (χ2v) is 4.57. The van der Waals surface area contributed by atoms with Crippen LogP contribution in [0.2, 0.25) is 0 Å². The molecule has 5 nitrogen and oxygen atoms in total. The van der Waals surface area contributed by atoms with Crippen LogP contribution in [0.15, 0.2) is 35.0 Å². The van der Waals surface area contributed by atoms with E-state index in [4.69, 9.17) is 16.0 Å². The summed E-state index contributed by atoms with van der Waals surface area (Å²) in [5.41, 5.74) is -0.559. The topological polar surface area (TPSA) is 62.6 Å². The molecule has 2 rings (SSSR count). The van der Waals surface area contributed by atoms with Crippen molar-refractivity contribution in [1.29, 1.82) is 0 Å². The number of nitrogens with zero attached hydrogens (tertiary/aromatic N) is 1. The van der Waals surface area contributed by atoms with Gasteiger partial charge in [0.05, 0.1) is 12.8 Å². The summed E-state index contributed by atoms with van der Waals surface area (Å²) in [7, 11) is 0. The highest BCUT2D eigenvalue weighted by molar-refractivity contribution is 6.19. The molecule has 1 unspecified atom stereocenters. The summed E-state index contributed by atoms with van der Waals surface area (Å²) in [5, 5.41) is 2.62. The summed E-state index contributed by atoms with van der Waals surface area (Å²) < 4.78 is 5.21. The Balaban J connectivity index is 2.26. The zero-order valence-electron chi connectivity index (χ0n) is 9.90. The number of hydrogen-bond acceptors (Lipinski definition) is 3. The number of carbonyl (C=O) groups excluding carboxylic acids is 2. The molecule has 6 heteroatoms. The summed E-state index contributed by atoms with van der Waals surface area (Å²) in [5.74, 6) is 0.239. The Morgan fingerprint density at radius 2 is 2.33 bits per heavy atom. The van der Waals surface area contributed by atoms with Crippen LogP contribution < -0.4 is 5.32 Å². The van der Waals surface area contributed by atoms with Gasteiger partial charge in [0.15, 0.2) is 5.54 Å². The smallest absolute Gasteiger partial charge is 0.325 e. The van der Waals surface area contributed by atoms with Crippen LogP contribution in [-0.4, -0.2) is 29.3 Å². The Hall–Kier alpha value is -1.75. The molecule has 1 aliphatic heterocycles. The van der Waals surface area contributed by atoms with E-state index in [1.807, 2.05) is 0 Å². The third-order valence-electron chi connectivity index (χ3n) is 2.86. The predicted molar refractivity (Wildman–Crippen MR) is 66.2 cm³/mol. The molecule has 1 saturated heterocycles. The second-order valence-electron chi connectivity index (χ2n) is 4.31. The SMILES string of the molecule is C=C(CCl)CN1C(=O)NC(C)(c2ccco2)C1=O. The van der Waals surface area contributed by atoms with Crippen molar-refractivity contribution in [3.05, 3.63) is 36.3 Å². The monoisotopic (exact) mass is 268 g/mol. The zero-order chi connectivity index (χ0) is 13.3. The molecule has 1 fully saturated rings. The van der Waals surface area contributed by atoms with Gasteiger partial charge in [-0.15, -0.1) is 11.6 Å². The Kier molecular flexibility index (Phi) is 3.17. The highest BCUT2D eigenvalue weighted by atomic mass is 35.5. The van der Waals surface area contributed by atoms with E-state index in [2.05, 4.69) is 11.9 Å². The Morgan fingerprint density at radius 1 is 1.61 bits per heavy atom. The third-order valence-corrected chi connectivity index (χ3v) is 3.24. The van der Waals surface area contributed by atoms with Crippen LogP contribution in [0.1, 0.15) is 12.7 Å². The van der Waals surface area contributed by atoms with Gasteiger partial charge in [-0.25, -0.2) is 4.79 Å². The maximum absolute atomic E-state index is 12.3. The molecule has 1 aromatic rings. The quantitative estimate of drug-likeness (QED) is 0.515. The maximum Gasteiger partial charge on any atom is 0.325 e. The molecule has 0 bridgehead atoms. The molecule has 2 heterocycles. The van der Waals surface area contributed by atoms with E-state index in [1.54, 1.807) is 19.1 Å². The lowest BCUT2D eigenvalue weighted by molar-refractivity contribution is -0.131. The first-order valence-electron chi connectivity index (χ1n) is 5.39. The summed E-state index contributed by atoms with van der Waals surface area (Å²) >= 11 is 5.61. The van der Waals surface area contributed by atoms with Crippen molar-refractivity contribution in [3.63, 3.8) is 0 Å². The first-order chi connectivity index (χ1) is 8.49. The fourth-order valence-corrected chi connectivity index (χ4v) is 1.92. The van der Waals surface area contributed by atoms with Gasteiger partial charge in [-0.3, -0.25) is 9.69 Å². The number of amides is 3. The van der Waals surface area contributed by atoms with Gasteiger partial charge in [0.2, 0.25) is 0 Å². The van der Waals surface area contributed by atoms with Gasteiger partial charge in [0.25, 0.3) is 5.91 Å². The van der Waals surface area contributed by atoms with Crippen LogP contribution in [0.3, 0.4) is 0 Å². The fourth-order valence-electron chi connectivity index (χ4n) is 1.84. The van der Waals surface area contributed by atoms with Crippen LogP contribution in [0, 0.1) is 0 Å². The maximum atomic E-state index is 12.3. The van der Waals surface area contributed by atoms with Gasteiger partial charge >= 0.3 is 6.03 Å². The van der Waals surface area contributed by atoms with Gasteiger partial charge < -0.3 is 9.73 Å². The third kappa shape index (κ3) is 1.90. The lowest BCUT2D eigenvalue weighted by Crippen LogP contribution is -2.40. The lowest BCUT2D eigenvalue weighted by atomic mass is 9.99. The van der Waals surface area contributed by atoms with Crippen molar-refractivity contribution < 1.29 is 14.0 Å². The van der Waals surface area contributed by atoms with E-state index in [0.717, 1.165) is 4.90 Å². The fraction of sp³-hybridized carbons (Fsp3) is 0.333. The van der Waals surface area contributed by atoms with Gasteiger partial charge in [-0.05, 0) is 24.6 Å². The van der Waals surface area contributed by atoms with Crippen molar-refractivity contribution in [2.45, 2.75) is 12.5 Å². The van der Waals surface area contributed by atoms with Gasteiger partial charge in [-0.2, -0.15) is 0 Å². The number of rotatable bonds is 4. The number of hydrogen-bond donors (Lipinski definition) is 1. The standard InChI is InChI=1S/C12H13ClN2O3/c1-8(6-13)7-15-10(16)12(2,14-11(15)17)9-4-3-5-18-9/h3-5H,1,6-7H2,2H3,(H,14,17). The van der Waals surface area contributed by atoms with Crippen molar-refractivity contribution >= 4 is 23.5 Å². The number of imide groups is 1. The molecule has 1 aromatic heterocycles. The van der Waals surface area contributed by atoms with Crippen LogP contribution >= 0.6 is 11.6 Å². The first kappa shape index (κ1) is 12.7. The molecule has 0 aliphatic carbocycles. The second kappa shape index (κ2) is 4.49. The largest absolute Gasteiger partial charge is 0.466 e. The van der Waals surface area contributed by atoms with E-state index in [-0.39, 0.29) is 18.3 Å². The summed E-state index contributed by atoms with van der Waals surface area (Å²) in [6.07, 6.45) is 1.46. The van der Waals surface area contributed by atoms with Crippen molar-refractivity contribution in [3.8, 4) is 0 Å². The molecule has 96 valence electrons. The number of halogens is 1. The van der Waals surface area contributed by atoms with Crippen molar-refractivity contribution in [2.24, 2.45) is 0 Å². The van der Waals surface area contributed by atoms with Crippen LogP contribution in [0.5, 0.6) is 0 Å². The number of nitrogens with one attached hydrogen (secondary N) is 1. The molecule has 18 heavy (non-hydrogen) atoms. The number of urea groups is 1. The molecule has 0 aromatic carbocycles. The molecular formula is C12H13ClN2O3. The number of furan rings is 1. The minimum atomic E-state index is -1.16. The van der Waals surface area contributed by atoms with Crippen molar-refractivity contribution in [2.75, 3.05) is 12.4 Å². The van der Waals surface area contributed by atoms with Gasteiger partial charge in [0.1, 0.15) is 5.76 Å². The predicted octanol–water partition coefficient (Wildman–Crippen LogP) is 1.84. The molecule has 1 aliphatic rings. The molecule has 0 spiro atoms. The molecule has 1 atom stereocenters. The molecule has 3 amide bonds. The van der Waals surface area contributed by atoms with Crippen LogP contribution in [0.25, 0.3) is 0 Å². The minimum absolute atomic E-state index is 0.116. The highest BCUT2D eigenvalue weighted by Crippen LogP contribution is 2.29. The summed E-state index contributed by atoms with van der Waals surface area (Å²) in [6.45, 7) is 5.41. The molecular weight excluding hydrogens is 256 g/mol. The lowest BCUT2D eigenvalue weighted by Gasteiger charge is -2.19. The Morgan fingerprint density at radius 3 is 2.89 bits per heavy atom. The van der Waals surface area contributed by atoms with Crippen LogP contribution in [-0.2, 0) is 10.3 Å². The van der Waals surface area contributed by atoms with E-state index >= 15 is 0 Å². The zero-order valence-corrected chi connectivity index (χ0v) is 10.7. The molecule has 0 radical (unpaired) electrons. The summed E-state index contributed by atoms with van der Waals surface area (Å²) in [6, 6.07) is 2.85. The van der Waals surface area contributed by atoms with E-state index in [9.17, 15) is 9.59 Å². The normalized spacial score (nSPS) is 23.3. The number of carbonyl (C=O) groups is 2. The average Bonchev–Trinajstić information content (AvgIpc) is 2.93. The minimum Gasteiger partial charge on any atom is -0.466 e. The highest BCUT2D eigenvalue weighted by Gasteiger charge is 2.50. The number of alkyl halides is 1. The van der Waals surface area contributed by atoms with E-state index in [0.29, 0.717) is 11.3 Å². The Bertz CT molecular complexity index is 497. The molecule has 1 N–H and O–H groups in total. The van der Waals surface area contributed by atoms with E-state index in [1.165, 1.54) is 6.26 Å². The first-order valence-corrected chi connectivity index (χ1v) is 5.93. The Labute approximate surface area is 109 Å². The van der Waals surface area contributed by atoms with Crippen molar-refractivity contribution in [1.82, 2.24) is 10.2 Å². The van der Waals surface area contributed by atoms with E-state index < -0.39 is 11.6 Å². The molecule has 0 saturated carbocycles. The average molecular weight is 269 g/mol. The van der Waals surface area contributed by atoms with Gasteiger partial charge in [-0.1, -0.05) is 6.58 Å².